The Morgan fingerprint density at radius 2 is 1.83 bits per heavy atom. The van der Waals surface area contributed by atoms with Gasteiger partial charge in [0.1, 0.15) is 11.5 Å². The Morgan fingerprint density at radius 1 is 1.17 bits per heavy atom. The molecular weight excluding hydrogens is 281 g/mol. The van der Waals surface area contributed by atoms with Crippen LogP contribution in [-0.2, 0) is 0 Å². The monoisotopic (exact) mass is 287 g/mol. The highest BCUT2D eigenvalue weighted by atomic mass is 35.5. The van der Waals surface area contributed by atoms with Crippen molar-refractivity contribution in [1.29, 1.82) is 0 Å². The molecule has 0 amide bonds. The molecule has 0 atom stereocenters. The van der Waals surface area contributed by atoms with E-state index in [4.69, 9.17) is 23.2 Å². The van der Waals surface area contributed by atoms with Crippen molar-refractivity contribution >= 4 is 29.0 Å². The highest BCUT2D eigenvalue weighted by Crippen LogP contribution is 2.15. The molecule has 0 aromatic carbocycles. The Hall–Kier alpha value is -1.86. The van der Waals surface area contributed by atoms with E-state index < -0.39 is 10.7 Å². The molecule has 0 aliphatic rings. The van der Waals surface area contributed by atoms with Crippen LogP contribution in [0.1, 0.15) is 5.56 Å². The maximum Gasteiger partial charge on any atom is 0.401 e. The number of nitro groups is 1. The molecule has 9 heteroatoms. The fraction of sp³-hybridized carbons (Fsp3) is 0.111. The van der Waals surface area contributed by atoms with E-state index in [2.05, 4.69) is 19.9 Å². The molecule has 0 fully saturated rings. The summed E-state index contributed by atoms with van der Waals surface area (Å²) in [7, 11) is 0. The zero-order valence-corrected chi connectivity index (χ0v) is 10.6. The minimum atomic E-state index is -0.685. The van der Waals surface area contributed by atoms with Gasteiger partial charge in [0, 0.05) is 11.8 Å². The molecule has 2 rings (SSSR count). The molecule has 0 saturated carbocycles. The van der Waals surface area contributed by atoms with E-state index in [9.17, 15) is 10.1 Å². The summed E-state index contributed by atoms with van der Waals surface area (Å²) in [5.41, 5.74) is 0.911. The van der Waals surface area contributed by atoms with Gasteiger partial charge in [-0.3, -0.25) is 0 Å². The molecular formula is C9H7Cl2N5O2. The number of aryl methyl sites for hydroxylation is 1. The molecule has 0 bridgehead atoms. The molecule has 2 heterocycles. The van der Waals surface area contributed by atoms with Gasteiger partial charge >= 0.3 is 5.82 Å². The maximum atomic E-state index is 10.0. The highest BCUT2D eigenvalue weighted by molar-refractivity contribution is 6.31. The second kappa shape index (κ2) is 6.77. The van der Waals surface area contributed by atoms with Crippen molar-refractivity contribution < 1.29 is 4.92 Å². The first-order valence-corrected chi connectivity index (χ1v) is 5.31. The SMILES string of the molecule is Cc1cncnc1Cl.O=[N+]([O-])c1nccnc1Cl. The summed E-state index contributed by atoms with van der Waals surface area (Å²) in [6, 6.07) is 0. The van der Waals surface area contributed by atoms with Crippen molar-refractivity contribution in [2.24, 2.45) is 0 Å². The van der Waals surface area contributed by atoms with E-state index in [0.29, 0.717) is 5.15 Å². The average molecular weight is 288 g/mol. The molecule has 94 valence electrons. The molecule has 18 heavy (non-hydrogen) atoms. The van der Waals surface area contributed by atoms with Crippen molar-refractivity contribution in [3.63, 3.8) is 0 Å². The third-order valence-corrected chi connectivity index (χ3v) is 2.30. The number of nitrogens with zero attached hydrogens (tertiary/aromatic N) is 5. The van der Waals surface area contributed by atoms with Crippen LogP contribution in [0.4, 0.5) is 5.82 Å². The first kappa shape index (κ1) is 14.2. The van der Waals surface area contributed by atoms with Gasteiger partial charge in [-0.05, 0) is 16.8 Å². The van der Waals surface area contributed by atoms with Gasteiger partial charge in [-0.25, -0.2) is 15.0 Å². The van der Waals surface area contributed by atoms with Crippen LogP contribution in [0.3, 0.4) is 0 Å². The summed E-state index contributed by atoms with van der Waals surface area (Å²) in [5, 5.41) is 10.4. The Labute approximate surface area is 112 Å². The fourth-order valence-corrected chi connectivity index (χ4v) is 1.09. The lowest BCUT2D eigenvalue weighted by Gasteiger charge is -1.90. The van der Waals surface area contributed by atoms with Crippen LogP contribution < -0.4 is 0 Å². The zero-order valence-electron chi connectivity index (χ0n) is 9.12. The van der Waals surface area contributed by atoms with Crippen molar-refractivity contribution in [1.82, 2.24) is 19.9 Å². The van der Waals surface area contributed by atoms with Gasteiger partial charge in [0.2, 0.25) is 5.15 Å². The Balaban J connectivity index is 0.000000184. The van der Waals surface area contributed by atoms with Crippen LogP contribution >= 0.6 is 23.2 Å². The Morgan fingerprint density at radius 3 is 2.22 bits per heavy atom. The first-order chi connectivity index (χ1) is 8.52. The van der Waals surface area contributed by atoms with Gasteiger partial charge in [0.15, 0.2) is 6.20 Å². The number of hydrogen-bond acceptors (Lipinski definition) is 6. The number of halogens is 2. The molecule has 0 N–H and O–H groups in total. The molecule has 0 spiro atoms. The summed E-state index contributed by atoms with van der Waals surface area (Å²) in [4.78, 5) is 23.7. The summed E-state index contributed by atoms with van der Waals surface area (Å²) < 4.78 is 0. The van der Waals surface area contributed by atoms with E-state index in [1.165, 1.54) is 18.7 Å². The quantitative estimate of drug-likeness (QED) is 0.454. The fourth-order valence-electron chi connectivity index (χ4n) is 0.820. The van der Waals surface area contributed by atoms with Gasteiger partial charge in [-0.15, -0.1) is 0 Å². The Bertz CT molecular complexity index is 531. The van der Waals surface area contributed by atoms with Gasteiger partial charge in [0.25, 0.3) is 0 Å². The normalized spacial score (nSPS) is 9.28. The van der Waals surface area contributed by atoms with Crippen LogP contribution in [0.2, 0.25) is 10.3 Å². The predicted molar refractivity (Wildman–Crippen MR) is 65.5 cm³/mol. The second-order valence-electron chi connectivity index (χ2n) is 2.92. The van der Waals surface area contributed by atoms with Crippen LogP contribution in [0.25, 0.3) is 0 Å². The number of rotatable bonds is 1. The van der Waals surface area contributed by atoms with Crippen molar-refractivity contribution in [2.75, 3.05) is 0 Å². The molecule has 0 radical (unpaired) electrons. The van der Waals surface area contributed by atoms with E-state index in [1.54, 1.807) is 6.20 Å². The van der Waals surface area contributed by atoms with Crippen LogP contribution in [0, 0.1) is 17.0 Å². The summed E-state index contributed by atoms with van der Waals surface area (Å²) in [5.74, 6) is -0.413. The third-order valence-electron chi connectivity index (χ3n) is 1.64. The van der Waals surface area contributed by atoms with Crippen molar-refractivity contribution in [3.8, 4) is 0 Å². The standard InChI is InChI=1S/C5H5ClN2.C4H2ClN3O2/c1-4-2-7-3-8-5(4)6;5-3-4(8(9)10)7-2-1-6-3/h2-3H,1H3;1-2H. The second-order valence-corrected chi connectivity index (χ2v) is 3.64. The summed E-state index contributed by atoms with van der Waals surface area (Å²) in [6.07, 6.45) is 5.60. The van der Waals surface area contributed by atoms with Crippen molar-refractivity contribution in [2.45, 2.75) is 6.92 Å². The molecule has 7 nitrogen and oxygen atoms in total. The molecule has 0 aliphatic carbocycles. The van der Waals surface area contributed by atoms with Crippen molar-refractivity contribution in [3.05, 3.63) is 50.9 Å². The minimum absolute atomic E-state index is 0.187. The largest absolute Gasteiger partial charge is 0.401 e. The Kier molecular flexibility index (Phi) is 5.34. The third kappa shape index (κ3) is 4.19. The van der Waals surface area contributed by atoms with E-state index >= 15 is 0 Å². The summed E-state index contributed by atoms with van der Waals surface area (Å²) >= 11 is 10.9. The van der Waals surface area contributed by atoms with E-state index in [-0.39, 0.29) is 5.15 Å². The first-order valence-electron chi connectivity index (χ1n) is 4.55. The molecule has 2 aromatic heterocycles. The average Bonchev–Trinajstić information content (AvgIpc) is 2.34. The molecule has 0 unspecified atom stereocenters. The topological polar surface area (TPSA) is 94.7 Å². The predicted octanol–water partition coefficient (Wildman–Crippen LogP) is 2.48. The van der Waals surface area contributed by atoms with Crippen LogP contribution in [0.15, 0.2) is 24.9 Å². The number of hydrogen-bond donors (Lipinski definition) is 0. The highest BCUT2D eigenvalue weighted by Gasteiger charge is 2.12. The molecule has 0 saturated heterocycles. The molecule has 0 aliphatic heterocycles. The van der Waals surface area contributed by atoms with Crippen LogP contribution in [-0.4, -0.2) is 24.9 Å². The summed E-state index contributed by atoms with van der Waals surface area (Å²) in [6.45, 7) is 1.86. The van der Waals surface area contributed by atoms with Gasteiger partial charge in [0.05, 0.1) is 6.20 Å². The minimum Gasteiger partial charge on any atom is -0.358 e. The van der Waals surface area contributed by atoms with E-state index in [0.717, 1.165) is 5.56 Å². The zero-order chi connectivity index (χ0) is 13.5. The van der Waals surface area contributed by atoms with E-state index in [1.807, 2.05) is 6.92 Å². The van der Waals surface area contributed by atoms with Gasteiger partial charge < -0.3 is 10.1 Å². The maximum absolute atomic E-state index is 10.0. The molecule has 2 aromatic rings. The smallest absolute Gasteiger partial charge is 0.358 e. The lowest BCUT2D eigenvalue weighted by Crippen LogP contribution is -1.93. The van der Waals surface area contributed by atoms with Crippen LogP contribution in [0.5, 0.6) is 0 Å². The van der Waals surface area contributed by atoms with Gasteiger partial charge in [-0.1, -0.05) is 23.2 Å². The lowest BCUT2D eigenvalue weighted by molar-refractivity contribution is -0.389. The lowest BCUT2D eigenvalue weighted by atomic mass is 10.4. The van der Waals surface area contributed by atoms with Gasteiger partial charge in [-0.2, -0.15) is 0 Å². The number of aromatic nitrogens is 4.